The van der Waals surface area contributed by atoms with Gasteiger partial charge >= 0.3 is 0 Å². The molecule has 26 heavy (non-hydrogen) atoms. The number of thiazole rings is 1. The number of nitrogens with one attached hydrogen (secondary N) is 1. The first-order valence-electron chi connectivity index (χ1n) is 7.83. The highest BCUT2D eigenvalue weighted by Crippen LogP contribution is 2.27. The molecule has 1 aromatic heterocycles. The van der Waals surface area contributed by atoms with Gasteiger partial charge in [0.2, 0.25) is 0 Å². The lowest BCUT2D eigenvalue weighted by Crippen LogP contribution is -2.20. The molecule has 0 spiro atoms. The molecule has 7 heteroatoms. The zero-order valence-corrected chi connectivity index (χ0v) is 15.0. The van der Waals surface area contributed by atoms with Crippen molar-refractivity contribution in [2.45, 2.75) is 13.8 Å². The number of hydrogen-bond donors (Lipinski definition) is 1. The third-order valence-corrected chi connectivity index (χ3v) is 4.40. The summed E-state index contributed by atoms with van der Waals surface area (Å²) >= 11 is 1.13. The Morgan fingerprint density at radius 3 is 2.77 bits per heavy atom. The van der Waals surface area contributed by atoms with Crippen molar-refractivity contribution in [2.24, 2.45) is 0 Å². The van der Waals surface area contributed by atoms with Gasteiger partial charge in [-0.05, 0) is 43.7 Å². The first kappa shape index (κ1) is 18.0. The Morgan fingerprint density at radius 2 is 2.00 bits per heavy atom. The van der Waals surface area contributed by atoms with Crippen LogP contribution in [-0.4, -0.2) is 17.5 Å². The summed E-state index contributed by atoms with van der Waals surface area (Å²) in [4.78, 5) is 16.2. The summed E-state index contributed by atoms with van der Waals surface area (Å²) in [6.07, 6.45) is 0. The van der Waals surface area contributed by atoms with E-state index in [2.05, 4.69) is 10.3 Å². The average molecular weight is 374 g/mol. The van der Waals surface area contributed by atoms with Gasteiger partial charge in [0.25, 0.3) is 5.91 Å². The standard InChI is InChI=1S/C19H16F2N2O2S/c1-11-3-6-17(12(2)7-11)25-9-18(24)23-19-22-16(10-26-19)14-8-13(20)4-5-15(14)21/h3-8,10H,9H2,1-2H3,(H,22,23,24). The number of benzene rings is 2. The minimum Gasteiger partial charge on any atom is -0.483 e. The predicted molar refractivity (Wildman–Crippen MR) is 97.5 cm³/mol. The second-order valence-corrected chi connectivity index (χ2v) is 6.63. The van der Waals surface area contributed by atoms with Crippen molar-refractivity contribution in [3.05, 3.63) is 64.5 Å². The SMILES string of the molecule is Cc1ccc(OCC(=O)Nc2nc(-c3cc(F)ccc3F)cs2)c(C)c1. The van der Waals surface area contributed by atoms with E-state index in [1.54, 1.807) is 5.38 Å². The number of anilines is 1. The Morgan fingerprint density at radius 1 is 1.19 bits per heavy atom. The number of amides is 1. The van der Waals surface area contributed by atoms with Crippen LogP contribution in [-0.2, 0) is 4.79 Å². The zero-order chi connectivity index (χ0) is 18.7. The Hall–Kier alpha value is -2.80. The third-order valence-electron chi connectivity index (χ3n) is 3.64. The number of carbonyl (C=O) groups excluding carboxylic acids is 1. The molecule has 2 aromatic carbocycles. The maximum Gasteiger partial charge on any atom is 0.264 e. The quantitative estimate of drug-likeness (QED) is 0.703. The molecule has 0 radical (unpaired) electrons. The fraction of sp³-hybridized carbons (Fsp3) is 0.158. The minimum atomic E-state index is -0.576. The molecule has 0 bridgehead atoms. The number of aryl methyl sites for hydroxylation is 2. The molecule has 0 aliphatic carbocycles. The highest BCUT2D eigenvalue weighted by Gasteiger charge is 2.13. The van der Waals surface area contributed by atoms with E-state index in [-0.39, 0.29) is 28.9 Å². The lowest BCUT2D eigenvalue weighted by molar-refractivity contribution is -0.118. The molecular weight excluding hydrogens is 358 g/mol. The minimum absolute atomic E-state index is 0.0493. The lowest BCUT2D eigenvalue weighted by Gasteiger charge is -2.09. The van der Waals surface area contributed by atoms with E-state index < -0.39 is 11.6 Å². The molecule has 0 saturated heterocycles. The number of ether oxygens (including phenoxy) is 1. The Balaban J connectivity index is 1.63. The lowest BCUT2D eigenvalue weighted by atomic mass is 10.1. The number of nitrogens with zero attached hydrogens (tertiary/aromatic N) is 1. The maximum atomic E-state index is 13.8. The summed E-state index contributed by atoms with van der Waals surface area (Å²) in [5.74, 6) is -0.882. The van der Waals surface area contributed by atoms with E-state index in [4.69, 9.17) is 4.74 Å². The van der Waals surface area contributed by atoms with E-state index in [1.807, 2.05) is 32.0 Å². The molecule has 3 aromatic rings. The van der Waals surface area contributed by atoms with E-state index >= 15 is 0 Å². The average Bonchev–Trinajstić information content (AvgIpc) is 3.04. The second-order valence-electron chi connectivity index (χ2n) is 5.77. The zero-order valence-electron chi connectivity index (χ0n) is 14.2. The van der Waals surface area contributed by atoms with Crippen LogP contribution < -0.4 is 10.1 Å². The van der Waals surface area contributed by atoms with Crippen molar-refractivity contribution in [3.63, 3.8) is 0 Å². The maximum absolute atomic E-state index is 13.8. The summed E-state index contributed by atoms with van der Waals surface area (Å²) in [7, 11) is 0. The van der Waals surface area contributed by atoms with Crippen molar-refractivity contribution in [1.29, 1.82) is 0 Å². The van der Waals surface area contributed by atoms with Gasteiger partial charge in [-0.1, -0.05) is 17.7 Å². The fourth-order valence-corrected chi connectivity index (χ4v) is 3.14. The van der Waals surface area contributed by atoms with Gasteiger partial charge in [0.05, 0.1) is 5.69 Å². The first-order valence-corrected chi connectivity index (χ1v) is 8.71. The van der Waals surface area contributed by atoms with Crippen LogP contribution in [0.5, 0.6) is 5.75 Å². The van der Waals surface area contributed by atoms with Crippen LogP contribution in [0.3, 0.4) is 0 Å². The third kappa shape index (κ3) is 4.23. The smallest absolute Gasteiger partial charge is 0.264 e. The van der Waals surface area contributed by atoms with Gasteiger partial charge in [-0.25, -0.2) is 13.8 Å². The molecule has 0 fully saturated rings. The van der Waals surface area contributed by atoms with Crippen LogP contribution in [0.15, 0.2) is 41.8 Å². The molecule has 0 aliphatic heterocycles. The molecule has 1 N–H and O–H groups in total. The summed E-state index contributed by atoms with van der Waals surface area (Å²) in [6, 6.07) is 8.83. The number of halogens is 2. The first-order chi connectivity index (χ1) is 12.4. The van der Waals surface area contributed by atoms with Gasteiger partial charge in [0.15, 0.2) is 11.7 Å². The Bertz CT molecular complexity index is 956. The molecule has 3 rings (SSSR count). The van der Waals surface area contributed by atoms with Crippen LogP contribution in [0.4, 0.5) is 13.9 Å². The van der Waals surface area contributed by atoms with Crippen LogP contribution in [0.2, 0.25) is 0 Å². The van der Waals surface area contributed by atoms with Crippen LogP contribution in [0.1, 0.15) is 11.1 Å². The highest BCUT2D eigenvalue weighted by molar-refractivity contribution is 7.14. The van der Waals surface area contributed by atoms with Crippen molar-refractivity contribution in [2.75, 3.05) is 11.9 Å². The largest absolute Gasteiger partial charge is 0.483 e. The van der Waals surface area contributed by atoms with E-state index in [1.165, 1.54) is 0 Å². The highest BCUT2D eigenvalue weighted by atomic mass is 32.1. The monoisotopic (exact) mass is 374 g/mol. The van der Waals surface area contributed by atoms with Gasteiger partial charge in [-0.2, -0.15) is 0 Å². The fourth-order valence-electron chi connectivity index (χ4n) is 2.41. The van der Waals surface area contributed by atoms with E-state index in [0.717, 1.165) is 40.7 Å². The van der Waals surface area contributed by atoms with E-state index in [0.29, 0.717) is 5.75 Å². The molecule has 0 saturated carbocycles. The molecule has 0 aliphatic rings. The topological polar surface area (TPSA) is 51.2 Å². The molecule has 0 atom stereocenters. The summed E-state index contributed by atoms with van der Waals surface area (Å²) in [5.41, 5.74) is 2.36. The normalized spacial score (nSPS) is 10.6. The predicted octanol–water partition coefficient (Wildman–Crippen LogP) is 4.72. The van der Waals surface area contributed by atoms with Crippen molar-refractivity contribution in [1.82, 2.24) is 4.98 Å². The molecule has 1 heterocycles. The van der Waals surface area contributed by atoms with Gasteiger partial charge in [-0.15, -0.1) is 11.3 Å². The van der Waals surface area contributed by atoms with E-state index in [9.17, 15) is 13.6 Å². The van der Waals surface area contributed by atoms with Crippen molar-refractivity contribution < 1.29 is 18.3 Å². The summed E-state index contributed by atoms with van der Waals surface area (Å²) in [6.45, 7) is 3.71. The number of carbonyl (C=O) groups is 1. The molecule has 4 nitrogen and oxygen atoms in total. The number of rotatable bonds is 5. The number of hydrogen-bond acceptors (Lipinski definition) is 4. The molecule has 1 amide bonds. The van der Waals surface area contributed by atoms with Gasteiger partial charge in [0.1, 0.15) is 17.4 Å². The van der Waals surface area contributed by atoms with Crippen LogP contribution in [0, 0.1) is 25.5 Å². The Labute approximate surface area is 153 Å². The second kappa shape index (κ2) is 7.61. The molecule has 0 unspecified atom stereocenters. The van der Waals surface area contributed by atoms with Gasteiger partial charge in [0, 0.05) is 10.9 Å². The summed E-state index contributed by atoms with van der Waals surface area (Å²) < 4.78 is 32.6. The summed E-state index contributed by atoms with van der Waals surface area (Å²) in [5, 5.41) is 4.44. The van der Waals surface area contributed by atoms with Crippen molar-refractivity contribution in [3.8, 4) is 17.0 Å². The van der Waals surface area contributed by atoms with Crippen LogP contribution >= 0.6 is 11.3 Å². The van der Waals surface area contributed by atoms with Gasteiger partial charge in [-0.3, -0.25) is 10.1 Å². The van der Waals surface area contributed by atoms with Gasteiger partial charge < -0.3 is 4.74 Å². The number of aromatic nitrogens is 1. The molecule has 134 valence electrons. The van der Waals surface area contributed by atoms with Crippen LogP contribution in [0.25, 0.3) is 11.3 Å². The van der Waals surface area contributed by atoms with Crippen molar-refractivity contribution >= 4 is 22.4 Å². The Kier molecular flexibility index (Phi) is 5.27. The molecular formula is C19H16F2N2O2S.